The van der Waals surface area contributed by atoms with Crippen LogP contribution in [0.2, 0.25) is 0 Å². The lowest BCUT2D eigenvalue weighted by Gasteiger charge is -2.37. The van der Waals surface area contributed by atoms with E-state index in [0.29, 0.717) is 11.8 Å². The number of rotatable bonds is 2. The van der Waals surface area contributed by atoms with Gasteiger partial charge in [0.15, 0.2) is 0 Å². The number of nitrogens with zero attached hydrogens (tertiary/aromatic N) is 2. The first-order valence-corrected chi connectivity index (χ1v) is 7.76. The van der Waals surface area contributed by atoms with Gasteiger partial charge in [-0.25, -0.2) is 0 Å². The first kappa shape index (κ1) is 13.7. The van der Waals surface area contributed by atoms with E-state index in [1.54, 1.807) is 18.3 Å². The number of hydrogen-bond donors (Lipinski definition) is 2. The summed E-state index contributed by atoms with van der Waals surface area (Å²) < 4.78 is 1.93. The topological polar surface area (TPSA) is 67.1 Å². The van der Waals surface area contributed by atoms with E-state index in [2.05, 4.69) is 16.4 Å². The van der Waals surface area contributed by atoms with E-state index in [4.69, 9.17) is 0 Å². The summed E-state index contributed by atoms with van der Waals surface area (Å²) in [6.45, 7) is 2.73. The Hall–Kier alpha value is -1.98. The number of fused-ring (bicyclic) bond motifs is 4. The molecular formula is C17H19N3O2. The van der Waals surface area contributed by atoms with Crippen molar-refractivity contribution in [1.82, 2.24) is 14.9 Å². The van der Waals surface area contributed by atoms with Crippen LogP contribution in [0.15, 0.2) is 35.3 Å². The van der Waals surface area contributed by atoms with Gasteiger partial charge in [-0.05, 0) is 42.6 Å². The monoisotopic (exact) mass is 297 g/mol. The molecule has 4 rings (SSSR count). The number of pyridine rings is 2. The second-order valence-corrected chi connectivity index (χ2v) is 6.28. The van der Waals surface area contributed by atoms with E-state index in [-0.39, 0.29) is 12.2 Å². The van der Waals surface area contributed by atoms with Crippen LogP contribution in [0.3, 0.4) is 0 Å². The van der Waals surface area contributed by atoms with E-state index < -0.39 is 0 Å². The summed E-state index contributed by atoms with van der Waals surface area (Å²) in [4.78, 5) is 16.9. The zero-order chi connectivity index (χ0) is 15.1. The molecule has 4 heterocycles. The highest BCUT2D eigenvalue weighted by Crippen LogP contribution is 2.33. The number of aliphatic hydroxyl groups is 1. The fourth-order valence-corrected chi connectivity index (χ4v) is 3.68. The van der Waals surface area contributed by atoms with Crippen molar-refractivity contribution >= 4 is 0 Å². The van der Waals surface area contributed by atoms with Gasteiger partial charge in [-0.2, -0.15) is 0 Å². The van der Waals surface area contributed by atoms with Gasteiger partial charge in [0.05, 0.1) is 12.3 Å². The Balaban J connectivity index is 1.82. The van der Waals surface area contributed by atoms with E-state index in [0.717, 1.165) is 48.6 Å². The number of piperidine rings is 1. The Morgan fingerprint density at radius 2 is 2.23 bits per heavy atom. The molecule has 2 aromatic rings. The molecule has 1 saturated heterocycles. The third-order valence-electron chi connectivity index (χ3n) is 4.76. The SMILES string of the molecule is O=c1cc(-c2cc(CO)ccn2)cc2n1C[C@@H]1CNC[C@H]2C1. The fraction of sp³-hybridized carbons (Fsp3) is 0.412. The van der Waals surface area contributed by atoms with Crippen molar-refractivity contribution in [1.29, 1.82) is 0 Å². The van der Waals surface area contributed by atoms with Crippen LogP contribution in [0.4, 0.5) is 0 Å². The molecule has 2 N–H and O–H groups in total. The molecule has 1 fully saturated rings. The Bertz CT molecular complexity index is 769. The van der Waals surface area contributed by atoms with Crippen LogP contribution >= 0.6 is 0 Å². The standard InChI is InChI=1S/C17H19N3O2/c21-10-11-1-2-19-15(4-11)13-5-16-14-3-12(7-18-8-14)9-20(16)17(22)6-13/h1-2,4-6,12,14,18,21H,3,7-10H2/t12-,14+/m0/s1. The Kier molecular flexibility index (Phi) is 3.32. The Labute approximate surface area is 128 Å². The normalized spacial score (nSPS) is 23.1. The molecule has 2 aromatic heterocycles. The van der Waals surface area contributed by atoms with Gasteiger partial charge in [0, 0.05) is 42.5 Å². The third-order valence-corrected chi connectivity index (χ3v) is 4.76. The van der Waals surface area contributed by atoms with Crippen LogP contribution in [0.1, 0.15) is 23.6 Å². The second-order valence-electron chi connectivity index (χ2n) is 6.28. The zero-order valence-corrected chi connectivity index (χ0v) is 12.3. The smallest absolute Gasteiger partial charge is 0.251 e. The van der Waals surface area contributed by atoms with Crippen molar-refractivity contribution in [2.45, 2.75) is 25.5 Å². The lowest BCUT2D eigenvalue weighted by Crippen LogP contribution is -2.44. The van der Waals surface area contributed by atoms with E-state index in [1.807, 2.05) is 10.6 Å². The van der Waals surface area contributed by atoms with Crippen molar-refractivity contribution in [3.63, 3.8) is 0 Å². The molecular weight excluding hydrogens is 278 g/mol. The van der Waals surface area contributed by atoms with Crippen molar-refractivity contribution in [2.75, 3.05) is 13.1 Å². The molecule has 0 radical (unpaired) electrons. The van der Waals surface area contributed by atoms with Crippen molar-refractivity contribution in [3.8, 4) is 11.3 Å². The van der Waals surface area contributed by atoms with Crippen LogP contribution < -0.4 is 10.9 Å². The van der Waals surface area contributed by atoms with Crippen LogP contribution in [0.5, 0.6) is 0 Å². The van der Waals surface area contributed by atoms with E-state index in [9.17, 15) is 9.90 Å². The first-order chi connectivity index (χ1) is 10.7. The summed E-state index contributed by atoms with van der Waals surface area (Å²) in [7, 11) is 0. The second kappa shape index (κ2) is 5.34. The molecule has 2 atom stereocenters. The van der Waals surface area contributed by atoms with Gasteiger partial charge in [0.2, 0.25) is 0 Å². The maximum absolute atomic E-state index is 12.5. The minimum absolute atomic E-state index is 0.0202. The minimum atomic E-state index is -0.0202. The van der Waals surface area contributed by atoms with Crippen molar-refractivity contribution in [3.05, 3.63) is 52.1 Å². The predicted molar refractivity (Wildman–Crippen MR) is 83.6 cm³/mol. The number of hydrogen-bond acceptors (Lipinski definition) is 4. The van der Waals surface area contributed by atoms with Crippen molar-refractivity contribution < 1.29 is 5.11 Å². The lowest BCUT2D eigenvalue weighted by atomic mass is 9.83. The zero-order valence-electron chi connectivity index (χ0n) is 12.3. The van der Waals surface area contributed by atoms with Crippen LogP contribution in [-0.2, 0) is 13.2 Å². The summed E-state index contributed by atoms with van der Waals surface area (Å²) in [5, 5.41) is 12.7. The molecule has 5 heteroatoms. The molecule has 2 aliphatic rings. The molecule has 114 valence electrons. The molecule has 22 heavy (non-hydrogen) atoms. The number of aromatic nitrogens is 2. The first-order valence-electron chi connectivity index (χ1n) is 7.76. The summed E-state index contributed by atoms with van der Waals surface area (Å²) in [5.41, 5.74) is 3.57. The van der Waals surface area contributed by atoms with Crippen LogP contribution in [0.25, 0.3) is 11.3 Å². The van der Waals surface area contributed by atoms with Crippen molar-refractivity contribution in [2.24, 2.45) is 5.92 Å². The third kappa shape index (κ3) is 2.26. The summed E-state index contributed by atoms with van der Waals surface area (Å²) in [5.74, 6) is 0.965. The molecule has 2 bridgehead atoms. The average Bonchev–Trinajstić information content (AvgIpc) is 2.56. The molecule has 0 amide bonds. The highest BCUT2D eigenvalue weighted by Gasteiger charge is 2.31. The van der Waals surface area contributed by atoms with Crippen LogP contribution in [-0.4, -0.2) is 27.7 Å². The fourth-order valence-electron chi connectivity index (χ4n) is 3.68. The highest BCUT2D eigenvalue weighted by molar-refractivity contribution is 5.60. The van der Waals surface area contributed by atoms with Crippen LogP contribution in [0, 0.1) is 5.92 Å². The summed E-state index contributed by atoms with van der Waals surface area (Å²) in [6.07, 6.45) is 2.83. The average molecular weight is 297 g/mol. The molecule has 0 aliphatic carbocycles. The molecule has 5 nitrogen and oxygen atoms in total. The van der Waals surface area contributed by atoms with Gasteiger partial charge in [0.25, 0.3) is 5.56 Å². The lowest BCUT2D eigenvalue weighted by molar-refractivity contribution is 0.257. The van der Waals surface area contributed by atoms with Gasteiger partial charge in [-0.3, -0.25) is 9.78 Å². The molecule has 0 saturated carbocycles. The molecule has 2 aliphatic heterocycles. The number of aliphatic hydroxyl groups excluding tert-OH is 1. The minimum Gasteiger partial charge on any atom is -0.392 e. The Morgan fingerprint density at radius 1 is 1.32 bits per heavy atom. The maximum atomic E-state index is 12.5. The predicted octanol–water partition coefficient (Wildman–Crippen LogP) is 1.11. The van der Waals surface area contributed by atoms with Gasteiger partial charge in [0.1, 0.15) is 0 Å². The summed E-state index contributed by atoms with van der Waals surface area (Å²) in [6, 6.07) is 7.39. The molecule has 0 aromatic carbocycles. The van der Waals surface area contributed by atoms with E-state index in [1.165, 1.54) is 0 Å². The quantitative estimate of drug-likeness (QED) is 0.871. The summed E-state index contributed by atoms with van der Waals surface area (Å²) >= 11 is 0. The molecule has 0 unspecified atom stereocenters. The Morgan fingerprint density at radius 3 is 3.09 bits per heavy atom. The van der Waals surface area contributed by atoms with Gasteiger partial charge in [-0.1, -0.05) is 0 Å². The maximum Gasteiger partial charge on any atom is 0.251 e. The largest absolute Gasteiger partial charge is 0.392 e. The molecule has 0 spiro atoms. The van der Waals surface area contributed by atoms with Gasteiger partial charge in [-0.15, -0.1) is 0 Å². The highest BCUT2D eigenvalue weighted by atomic mass is 16.3. The van der Waals surface area contributed by atoms with Gasteiger partial charge >= 0.3 is 0 Å². The number of nitrogens with one attached hydrogen (secondary N) is 1. The van der Waals surface area contributed by atoms with Gasteiger partial charge < -0.3 is 15.0 Å². The van der Waals surface area contributed by atoms with E-state index >= 15 is 0 Å².